The van der Waals surface area contributed by atoms with Crippen molar-refractivity contribution in [2.24, 2.45) is 0 Å². The fourth-order valence-corrected chi connectivity index (χ4v) is 14.9. The second kappa shape index (κ2) is 15.6. The Kier molecular flexibility index (Phi) is 14.5. The molecular weight excluding hydrogens is 391 g/mol. The van der Waals surface area contributed by atoms with Crippen LogP contribution in [0.25, 0.3) is 0 Å². The van der Waals surface area contributed by atoms with Gasteiger partial charge >= 0.3 is 162 Å². The van der Waals surface area contributed by atoms with Gasteiger partial charge in [0.05, 0.1) is 0 Å². The topological polar surface area (TPSA) is 0 Å². The van der Waals surface area contributed by atoms with Crippen LogP contribution in [0.15, 0.2) is 21.1 Å². The van der Waals surface area contributed by atoms with E-state index in [1.165, 1.54) is 89.9 Å². The van der Waals surface area contributed by atoms with Gasteiger partial charge < -0.3 is 0 Å². The van der Waals surface area contributed by atoms with Crippen LogP contribution in [-0.2, 0) is 0 Å². The molecule has 0 fully saturated rings. The molecule has 0 aromatic heterocycles. The van der Waals surface area contributed by atoms with Crippen molar-refractivity contribution in [1.82, 2.24) is 0 Å². The Bertz CT molecular complexity index is 341. The van der Waals surface area contributed by atoms with E-state index in [1.807, 2.05) is 8.90 Å². The number of allylic oxidation sites excluding steroid dienone is 4. The zero-order valence-electron chi connectivity index (χ0n) is 17.0. The number of hydrogen-bond acceptors (Lipinski definition) is 0. The minimum absolute atomic E-state index is 1.35. The second-order valence-corrected chi connectivity index (χ2v) is 17.1. The molecular formula is C23H43In. The van der Waals surface area contributed by atoms with Crippen molar-refractivity contribution in [2.45, 2.75) is 119 Å². The van der Waals surface area contributed by atoms with Crippen LogP contribution in [0.2, 0.25) is 8.35 Å². The van der Waals surface area contributed by atoms with E-state index in [0.29, 0.717) is 0 Å². The first-order valence-corrected chi connectivity index (χ1v) is 17.5. The quantitative estimate of drug-likeness (QED) is 0.214. The minimum atomic E-state index is -1.47. The van der Waals surface area contributed by atoms with E-state index in [2.05, 4.69) is 32.9 Å². The SMILES string of the molecule is CCCCCCC1=[C]([In]([CH2]CCCCC)[CH2]CCCCC)CC=C1. The second-order valence-electron chi connectivity index (χ2n) is 7.86. The maximum atomic E-state index is 2.52. The molecule has 1 aliphatic carbocycles. The van der Waals surface area contributed by atoms with E-state index < -0.39 is 21.4 Å². The van der Waals surface area contributed by atoms with Gasteiger partial charge in [0.25, 0.3) is 0 Å². The van der Waals surface area contributed by atoms with Crippen molar-refractivity contribution < 1.29 is 0 Å². The molecule has 24 heavy (non-hydrogen) atoms. The first-order chi connectivity index (χ1) is 11.8. The molecule has 0 atom stereocenters. The fraction of sp³-hybridized carbons (Fsp3) is 0.826. The van der Waals surface area contributed by atoms with Crippen molar-refractivity contribution in [1.29, 1.82) is 0 Å². The van der Waals surface area contributed by atoms with E-state index >= 15 is 0 Å². The maximum absolute atomic E-state index is 2.52. The van der Waals surface area contributed by atoms with Crippen LogP contribution >= 0.6 is 0 Å². The van der Waals surface area contributed by atoms with Crippen molar-refractivity contribution in [3.8, 4) is 0 Å². The zero-order valence-corrected chi connectivity index (χ0v) is 20.3. The van der Waals surface area contributed by atoms with Crippen LogP contribution in [0.5, 0.6) is 0 Å². The average molecular weight is 434 g/mol. The molecule has 0 aliphatic heterocycles. The standard InChI is InChI=1S/C11H17.2C6H13.In/c1-2-3-4-5-8-11-9-6-7-10-11;2*1-3-5-6-4-2;/h6,9H,2-5,7-8H2,1H3;2*1,3-6H2,2H3;. The molecule has 0 saturated carbocycles. The molecule has 0 spiro atoms. The number of hydrogen-bond donors (Lipinski definition) is 0. The molecule has 0 bridgehead atoms. The summed E-state index contributed by atoms with van der Waals surface area (Å²) in [6.45, 7) is 6.99. The molecule has 0 heterocycles. The van der Waals surface area contributed by atoms with Crippen molar-refractivity contribution in [3.05, 3.63) is 21.1 Å². The Morgan fingerprint density at radius 3 is 1.79 bits per heavy atom. The molecule has 0 amide bonds. The summed E-state index contributed by atoms with van der Waals surface area (Å²) in [5, 5.41) is 0. The average Bonchev–Trinajstić information content (AvgIpc) is 3.06. The van der Waals surface area contributed by atoms with E-state index in [-0.39, 0.29) is 0 Å². The van der Waals surface area contributed by atoms with E-state index in [1.54, 1.807) is 8.35 Å². The first kappa shape index (κ1) is 22.4. The van der Waals surface area contributed by atoms with Gasteiger partial charge in [-0.1, -0.05) is 0 Å². The van der Waals surface area contributed by atoms with Gasteiger partial charge in [-0.3, -0.25) is 0 Å². The van der Waals surface area contributed by atoms with Gasteiger partial charge in [-0.2, -0.15) is 0 Å². The molecule has 0 nitrogen and oxygen atoms in total. The molecule has 1 heteroatoms. The van der Waals surface area contributed by atoms with Gasteiger partial charge in [0.2, 0.25) is 0 Å². The summed E-state index contributed by atoms with van der Waals surface area (Å²) in [4.78, 5) is 0. The van der Waals surface area contributed by atoms with Crippen LogP contribution in [0.4, 0.5) is 0 Å². The molecule has 1 rings (SSSR count). The molecule has 1 aliphatic rings. The van der Waals surface area contributed by atoms with Crippen LogP contribution in [0.3, 0.4) is 0 Å². The summed E-state index contributed by atoms with van der Waals surface area (Å²) >= 11 is -1.47. The Morgan fingerprint density at radius 2 is 1.25 bits per heavy atom. The third-order valence-corrected chi connectivity index (χ3v) is 16.5. The Hall–Kier alpha value is 0.350. The van der Waals surface area contributed by atoms with Crippen LogP contribution < -0.4 is 0 Å². The van der Waals surface area contributed by atoms with Crippen molar-refractivity contribution >= 4 is 21.4 Å². The summed E-state index contributed by atoms with van der Waals surface area (Å²) in [7, 11) is 0. The van der Waals surface area contributed by atoms with Gasteiger partial charge in [0.15, 0.2) is 0 Å². The number of rotatable bonds is 16. The summed E-state index contributed by atoms with van der Waals surface area (Å²) in [6.07, 6.45) is 25.1. The Morgan fingerprint density at radius 1 is 0.708 bits per heavy atom. The third-order valence-electron chi connectivity index (χ3n) is 5.67. The van der Waals surface area contributed by atoms with Crippen LogP contribution in [0, 0.1) is 0 Å². The predicted octanol–water partition coefficient (Wildman–Crippen LogP) is 8.41. The van der Waals surface area contributed by atoms with Crippen LogP contribution in [-0.4, -0.2) is 21.4 Å². The normalized spacial score (nSPS) is 14.0. The predicted molar refractivity (Wildman–Crippen MR) is 113 cm³/mol. The van der Waals surface area contributed by atoms with Crippen LogP contribution in [0.1, 0.15) is 111 Å². The van der Waals surface area contributed by atoms with Gasteiger partial charge in [0, 0.05) is 0 Å². The third kappa shape index (κ3) is 9.73. The van der Waals surface area contributed by atoms with Gasteiger partial charge in [-0.25, -0.2) is 0 Å². The monoisotopic (exact) mass is 434 g/mol. The molecule has 0 aromatic carbocycles. The zero-order chi connectivity index (χ0) is 17.5. The van der Waals surface area contributed by atoms with E-state index in [4.69, 9.17) is 0 Å². The van der Waals surface area contributed by atoms with E-state index in [9.17, 15) is 0 Å². The van der Waals surface area contributed by atoms with Crippen molar-refractivity contribution in [3.63, 3.8) is 0 Å². The Labute approximate surface area is 161 Å². The first-order valence-electron chi connectivity index (χ1n) is 11.2. The number of unbranched alkanes of at least 4 members (excludes halogenated alkanes) is 9. The molecule has 0 N–H and O–H groups in total. The fourth-order valence-electron chi connectivity index (χ4n) is 4.11. The summed E-state index contributed by atoms with van der Waals surface area (Å²) < 4.78 is 5.35. The molecule has 0 saturated heterocycles. The Balaban J connectivity index is 2.53. The van der Waals surface area contributed by atoms with Gasteiger partial charge in [0.1, 0.15) is 0 Å². The van der Waals surface area contributed by atoms with Gasteiger partial charge in [-0.15, -0.1) is 0 Å². The molecule has 0 unspecified atom stereocenters. The molecule has 0 aromatic rings. The molecule has 138 valence electrons. The summed E-state index contributed by atoms with van der Waals surface area (Å²) in [5.41, 5.74) is 1.82. The summed E-state index contributed by atoms with van der Waals surface area (Å²) in [5.74, 6) is 0. The summed E-state index contributed by atoms with van der Waals surface area (Å²) in [6, 6.07) is 0. The molecule has 0 radical (unpaired) electrons. The van der Waals surface area contributed by atoms with Gasteiger partial charge in [-0.05, 0) is 0 Å². The van der Waals surface area contributed by atoms with Crippen molar-refractivity contribution in [2.75, 3.05) is 0 Å². The van der Waals surface area contributed by atoms with E-state index in [0.717, 1.165) is 0 Å².